The van der Waals surface area contributed by atoms with Gasteiger partial charge in [0.2, 0.25) is 0 Å². The van der Waals surface area contributed by atoms with E-state index in [9.17, 15) is 8.78 Å². The molecule has 0 aliphatic heterocycles. The van der Waals surface area contributed by atoms with Crippen molar-refractivity contribution in [3.8, 4) is 0 Å². The van der Waals surface area contributed by atoms with Crippen LogP contribution in [0.25, 0.3) is 0 Å². The SMILES string of the molecule is FC(F)CNC/C=C/CCl. The first-order valence-corrected chi connectivity index (χ1v) is 3.50. The van der Waals surface area contributed by atoms with Gasteiger partial charge in [-0.3, -0.25) is 0 Å². The molecule has 0 saturated carbocycles. The molecule has 0 radical (unpaired) electrons. The lowest BCUT2D eigenvalue weighted by molar-refractivity contribution is 0.147. The lowest BCUT2D eigenvalue weighted by Crippen LogP contribution is -2.20. The molecule has 0 bridgehead atoms. The summed E-state index contributed by atoms with van der Waals surface area (Å²) < 4.78 is 22.9. The van der Waals surface area contributed by atoms with Crippen molar-refractivity contribution in [2.45, 2.75) is 6.43 Å². The predicted octanol–water partition coefficient (Wildman–Crippen LogP) is 1.64. The van der Waals surface area contributed by atoms with E-state index in [0.717, 1.165) is 0 Å². The third kappa shape index (κ3) is 7.85. The molecule has 0 heterocycles. The van der Waals surface area contributed by atoms with E-state index in [1.165, 1.54) is 0 Å². The van der Waals surface area contributed by atoms with Crippen LogP contribution in [-0.4, -0.2) is 25.4 Å². The molecule has 0 rings (SSSR count). The Hall–Kier alpha value is -0.150. The molecular weight excluding hydrogens is 160 g/mol. The van der Waals surface area contributed by atoms with Crippen LogP contribution >= 0.6 is 11.6 Å². The quantitative estimate of drug-likeness (QED) is 0.375. The summed E-state index contributed by atoms with van der Waals surface area (Å²) in [5, 5.41) is 2.52. The van der Waals surface area contributed by atoms with E-state index >= 15 is 0 Å². The second-order valence-electron chi connectivity index (χ2n) is 1.68. The molecule has 0 aromatic rings. The number of allylic oxidation sites excluding steroid dienone is 1. The van der Waals surface area contributed by atoms with Gasteiger partial charge in [0.1, 0.15) is 0 Å². The van der Waals surface area contributed by atoms with E-state index in [1.54, 1.807) is 12.2 Å². The van der Waals surface area contributed by atoms with Gasteiger partial charge in [0.05, 0.1) is 6.54 Å². The second-order valence-corrected chi connectivity index (χ2v) is 1.98. The average Bonchev–Trinajstić information content (AvgIpc) is 1.87. The summed E-state index contributed by atoms with van der Waals surface area (Å²) in [5.41, 5.74) is 0. The van der Waals surface area contributed by atoms with Gasteiger partial charge >= 0.3 is 0 Å². The maximum Gasteiger partial charge on any atom is 0.250 e. The summed E-state index contributed by atoms with van der Waals surface area (Å²) in [6.45, 7) is 0.198. The molecule has 10 heavy (non-hydrogen) atoms. The molecule has 1 nitrogen and oxygen atoms in total. The summed E-state index contributed by atoms with van der Waals surface area (Å²) in [5.74, 6) is 0.427. The van der Waals surface area contributed by atoms with Crippen LogP contribution < -0.4 is 5.32 Å². The monoisotopic (exact) mass is 169 g/mol. The number of halogens is 3. The molecule has 0 aromatic heterocycles. The third-order valence-electron chi connectivity index (χ3n) is 0.817. The number of alkyl halides is 3. The molecule has 4 heteroatoms. The minimum Gasteiger partial charge on any atom is -0.308 e. The van der Waals surface area contributed by atoms with Crippen LogP contribution in [0.2, 0.25) is 0 Å². The molecule has 0 aliphatic rings. The number of rotatable bonds is 5. The Morgan fingerprint density at radius 3 is 2.60 bits per heavy atom. The van der Waals surface area contributed by atoms with Gasteiger partial charge in [-0.2, -0.15) is 0 Å². The largest absolute Gasteiger partial charge is 0.308 e. The van der Waals surface area contributed by atoms with Crippen molar-refractivity contribution in [2.75, 3.05) is 19.0 Å². The van der Waals surface area contributed by atoms with Crippen molar-refractivity contribution in [1.82, 2.24) is 5.32 Å². The minimum absolute atomic E-state index is 0.257. The van der Waals surface area contributed by atoms with Crippen molar-refractivity contribution in [2.24, 2.45) is 0 Å². The summed E-state index contributed by atoms with van der Waals surface area (Å²) in [7, 11) is 0. The van der Waals surface area contributed by atoms with Crippen LogP contribution in [-0.2, 0) is 0 Å². The highest BCUT2D eigenvalue weighted by molar-refractivity contribution is 6.18. The van der Waals surface area contributed by atoms with Crippen LogP contribution in [0.5, 0.6) is 0 Å². The normalized spacial score (nSPS) is 11.6. The van der Waals surface area contributed by atoms with Gasteiger partial charge in [0.25, 0.3) is 6.43 Å². The zero-order chi connectivity index (χ0) is 7.82. The topological polar surface area (TPSA) is 12.0 Å². The first-order valence-electron chi connectivity index (χ1n) is 2.97. The summed E-state index contributed by atoms with van der Waals surface area (Å²) >= 11 is 5.28. The highest BCUT2D eigenvalue weighted by atomic mass is 35.5. The number of hydrogen-bond donors (Lipinski definition) is 1. The molecule has 1 N–H and O–H groups in total. The van der Waals surface area contributed by atoms with Crippen molar-refractivity contribution < 1.29 is 8.78 Å². The zero-order valence-electron chi connectivity index (χ0n) is 5.49. The first-order chi connectivity index (χ1) is 4.77. The molecule has 0 saturated heterocycles. The van der Waals surface area contributed by atoms with Gasteiger partial charge in [-0.15, -0.1) is 11.6 Å². The van der Waals surface area contributed by atoms with E-state index in [4.69, 9.17) is 11.6 Å². The molecule has 0 fully saturated rings. The standard InChI is InChI=1S/C6H10ClF2N/c7-3-1-2-4-10-5-6(8)9/h1-2,6,10H,3-5H2/b2-1+. The van der Waals surface area contributed by atoms with Crippen LogP contribution in [0.4, 0.5) is 8.78 Å². The fraction of sp³-hybridized carbons (Fsp3) is 0.667. The highest BCUT2D eigenvalue weighted by Gasteiger charge is 1.97. The Morgan fingerprint density at radius 2 is 2.10 bits per heavy atom. The van der Waals surface area contributed by atoms with Crippen LogP contribution in [0.1, 0.15) is 0 Å². The van der Waals surface area contributed by atoms with E-state index in [1.807, 2.05) is 0 Å². The van der Waals surface area contributed by atoms with Crippen molar-refractivity contribution >= 4 is 11.6 Å². The second kappa shape index (κ2) is 6.96. The smallest absolute Gasteiger partial charge is 0.250 e. The number of hydrogen-bond acceptors (Lipinski definition) is 1. The highest BCUT2D eigenvalue weighted by Crippen LogP contribution is 1.86. The third-order valence-corrected chi connectivity index (χ3v) is 0.995. The Labute approximate surface area is 64.1 Å². The lowest BCUT2D eigenvalue weighted by Gasteiger charge is -1.97. The van der Waals surface area contributed by atoms with Gasteiger partial charge < -0.3 is 5.32 Å². The molecule has 0 unspecified atom stereocenters. The van der Waals surface area contributed by atoms with E-state index in [0.29, 0.717) is 12.4 Å². The fourth-order valence-electron chi connectivity index (χ4n) is 0.422. The molecule has 0 amide bonds. The Balaban J connectivity index is 2.97. The van der Waals surface area contributed by atoms with Gasteiger partial charge in [-0.25, -0.2) is 8.78 Å². The van der Waals surface area contributed by atoms with Crippen LogP contribution in [0, 0.1) is 0 Å². The van der Waals surface area contributed by atoms with Gasteiger partial charge in [0, 0.05) is 12.4 Å². The Morgan fingerprint density at radius 1 is 1.40 bits per heavy atom. The zero-order valence-corrected chi connectivity index (χ0v) is 6.24. The van der Waals surface area contributed by atoms with Crippen LogP contribution in [0.3, 0.4) is 0 Å². The summed E-state index contributed by atoms with van der Waals surface area (Å²) in [6.07, 6.45) is 1.15. The first kappa shape index (κ1) is 9.85. The van der Waals surface area contributed by atoms with Crippen molar-refractivity contribution in [3.63, 3.8) is 0 Å². The fourth-order valence-corrected chi connectivity index (χ4v) is 0.548. The summed E-state index contributed by atoms with van der Waals surface area (Å²) in [4.78, 5) is 0. The maximum absolute atomic E-state index is 11.4. The minimum atomic E-state index is -2.27. The van der Waals surface area contributed by atoms with Crippen molar-refractivity contribution in [1.29, 1.82) is 0 Å². The van der Waals surface area contributed by atoms with Crippen molar-refractivity contribution in [3.05, 3.63) is 12.2 Å². The Bertz CT molecular complexity index is 95.7. The predicted molar refractivity (Wildman–Crippen MR) is 38.7 cm³/mol. The van der Waals surface area contributed by atoms with Gasteiger partial charge in [-0.05, 0) is 0 Å². The Kier molecular flexibility index (Phi) is 6.86. The van der Waals surface area contributed by atoms with E-state index in [-0.39, 0.29) is 6.54 Å². The molecule has 0 aromatic carbocycles. The molecular formula is C6H10ClF2N. The number of nitrogens with one attached hydrogen (secondary N) is 1. The molecule has 0 atom stereocenters. The van der Waals surface area contributed by atoms with Crippen LogP contribution in [0.15, 0.2) is 12.2 Å². The molecule has 0 aliphatic carbocycles. The lowest BCUT2D eigenvalue weighted by atomic mass is 10.5. The molecule has 0 spiro atoms. The molecule has 60 valence electrons. The maximum atomic E-state index is 11.4. The van der Waals surface area contributed by atoms with E-state index < -0.39 is 6.43 Å². The van der Waals surface area contributed by atoms with E-state index in [2.05, 4.69) is 5.32 Å². The van der Waals surface area contributed by atoms with Gasteiger partial charge in [-0.1, -0.05) is 12.2 Å². The average molecular weight is 170 g/mol. The summed E-state index contributed by atoms with van der Waals surface area (Å²) in [6, 6.07) is 0. The van der Waals surface area contributed by atoms with Gasteiger partial charge in [0.15, 0.2) is 0 Å².